The summed E-state index contributed by atoms with van der Waals surface area (Å²) < 4.78 is 7.55. The molecule has 0 bridgehead atoms. The molecule has 0 aliphatic carbocycles. The van der Waals surface area contributed by atoms with Crippen LogP contribution in [-0.4, -0.2) is 44.1 Å². The largest absolute Gasteiger partial charge is 0.481 e. The van der Waals surface area contributed by atoms with Crippen LogP contribution in [0, 0.1) is 0 Å². The Morgan fingerprint density at radius 3 is 3.10 bits per heavy atom. The maximum absolute atomic E-state index is 10.7. The molecule has 6 nitrogen and oxygen atoms in total. The van der Waals surface area contributed by atoms with E-state index >= 15 is 0 Å². The highest BCUT2D eigenvalue weighted by molar-refractivity contribution is 7.99. The summed E-state index contributed by atoms with van der Waals surface area (Å²) in [6.45, 7) is 5.22. The molecule has 0 aromatic carbocycles. The fraction of sp³-hybridized carbons (Fsp3) is 0.462. The Morgan fingerprint density at radius 2 is 2.40 bits per heavy atom. The first kappa shape index (κ1) is 14.8. The van der Waals surface area contributed by atoms with E-state index in [0.29, 0.717) is 18.3 Å². The first-order valence-corrected chi connectivity index (χ1v) is 7.36. The van der Waals surface area contributed by atoms with Crippen LogP contribution in [0.1, 0.15) is 13.8 Å². The van der Waals surface area contributed by atoms with E-state index in [1.807, 2.05) is 24.5 Å². The van der Waals surface area contributed by atoms with E-state index in [-0.39, 0.29) is 11.9 Å². The van der Waals surface area contributed by atoms with Gasteiger partial charge in [0.1, 0.15) is 5.52 Å². The number of rotatable bonds is 7. The Kier molecular flexibility index (Phi) is 4.97. The summed E-state index contributed by atoms with van der Waals surface area (Å²) in [5.41, 5.74) is 1.71. The fourth-order valence-corrected chi connectivity index (χ4v) is 2.71. The van der Waals surface area contributed by atoms with Gasteiger partial charge in [0, 0.05) is 12.8 Å². The van der Waals surface area contributed by atoms with Crippen LogP contribution in [0.4, 0.5) is 0 Å². The molecule has 1 unspecified atom stereocenters. The number of nitrogens with zero attached hydrogens (tertiary/aromatic N) is 3. The van der Waals surface area contributed by atoms with Crippen LogP contribution in [-0.2, 0) is 16.1 Å². The zero-order chi connectivity index (χ0) is 14.5. The summed E-state index contributed by atoms with van der Waals surface area (Å²) in [5, 5.41) is 9.49. The minimum atomic E-state index is -0.857. The topological polar surface area (TPSA) is 77.2 Å². The number of aromatic nitrogens is 3. The molecule has 2 aromatic heterocycles. The van der Waals surface area contributed by atoms with Crippen molar-refractivity contribution in [2.24, 2.45) is 0 Å². The number of ether oxygens (including phenoxy) is 1. The molecular weight excluding hydrogens is 278 g/mol. The second-order valence-electron chi connectivity index (χ2n) is 4.32. The van der Waals surface area contributed by atoms with Gasteiger partial charge in [-0.05, 0) is 19.9 Å². The lowest BCUT2D eigenvalue weighted by Crippen LogP contribution is -2.17. The molecular formula is C13H17N3O3S. The number of fused-ring (bicyclic) bond motifs is 1. The third-order valence-corrected chi connectivity index (χ3v) is 3.69. The van der Waals surface area contributed by atoms with Crippen molar-refractivity contribution in [3.63, 3.8) is 0 Å². The van der Waals surface area contributed by atoms with Crippen molar-refractivity contribution in [3.05, 3.63) is 18.5 Å². The predicted molar refractivity (Wildman–Crippen MR) is 77.0 cm³/mol. The van der Waals surface area contributed by atoms with E-state index < -0.39 is 5.97 Å². The number of carbonyl (C=O) groups is 1. The summed E-state index contributed by atoms with van der Waals surface area (Å²) in [7, 11) is 0. The van der Waals surface area contributed by atoms with Crippen LogP contribution >= 0.6 is 11.8 Å². The zero-order valence-electron chi connectivity index (χ0n) is 11.4. The van der Waals surface area contributed by atoms with E-state index in [1.165, 1.54) is 11.8 Å². The summed E-state index contributed by atoms with van der Waals surface area (Å²) in [6, 6.07) is 1.88. The molecule has 0 fully saturated rings. The van der Waals surface area contributed by atoms with Crippen LogP contribution in [0.2, 0.25) is 0 Å². The van der Waals surface area contributed by atoms with Gasteiger partial charge in [0.15, 0.2) is 5.16 Å². The second-order valence-corrected chi connectivity index (χ2v) is 5.26. The maximum atomic E-state index is 10.7. The fourth-order valence-electron chi connectivity index (χ4n) is 1.97. The number of pyridine rings is 1. The van der Waals surface area contributed by atoms with Gasteiger partial charge in [-0.3, -0.25) is 9.78 Å². The van der Waals surface area contributed by atoms with Gasteiger partial charge in [0.2, 0.25) is 0 Å². The van der Waals surface area contributed by atoms with Crippen LogP contribution in [0.5, 0.6) is 0 Å². The number of carboxylic acids is 1. The SMILES string of the molecule is CCOC(C)Cn1c(SCC(=O)O)nc2cnccc21. The van der Waals surface area contributed by atoms with Crippen LogP contribution < -0.4 is 0 Å². The number of thioether (sulfide) groups is 1. The highest BCUT2D eigenvalue weighted by Gasteiger charge is 2.15. The standard InChI is InChI=1S/C13H17N3O3S/c1-3-19-9(2)7-16-11-4-5-14-6-10(11)15-13(16)20-8-12(17)18/h4-6,9H,3,7-8H2,1-2H3,(H,17,18). The zero-order valence-corrected chi connectivity index (χ0v) is 12.3. The predicted octanol–water partition coefficient (Wildman–Crippen LogP) is 2.03. The number of aliphatic carboxylic acids is 1. The van der Waals surface area contributed by atoms with Crippen molar-refractivity contribution in [2.75, 3.05) is 12.4 Å². The molecule has 0 saturated heterocycles. The minimum Gasteiger partial charge on any atom is -0.481 e. The van der Waals surface area contributed by atoms with Gasteiger partial charge in [-0.2, -0.15) is 0 Å². The molecule has 0 aliphatic heterocycles. The second kappa shape index (κ2) is 6.71. The van der Waals surface area contributed by atoms with E-state index in [4.69, 9.17) is 9.84 Å². The van der Waals surface area contributed by atoms with Crippen LogP contribution in [0.25, 0.3) is 11.0 Å². The summed E-state index contributed by atoms with van der Waals surface area (Å²) in [6.07, 6.45) is 3.43. The Morgan fingerprint density at radius 1 is 1.60 bits per heavy atom. The number of hydrogen-bond donors (Lipinski definition) is 1. The molecule has 1 atom stereocenters. The minimum absolute atomic E-state index is 0.0141. The van der Waals surface area contributed by atoms with E-state index in [2.05, 4.69) is 9.97 Å². The lowest BCUT2D eigenvalue weighted by molar-refractivity contribution is -0.133. The third-order valence-electron chi connectivity index (χ3n) is 2.73. The number of imidazole rings is 1. The average molecular weight is 295 g/mol. The molecule has 0 amide bonds. The summed E-state index contributed by atoms with van der Waals surface area (Å²) in [5.74, 6) is -0.871. The third kappa shape index (κ3) is 3.49. The molecule has 108 valence electrons. The van der Waals surface area contributed by atoms with Gasteiger partial charge >= 0.3 is 5.97 Å². The van der Waals surface area contributed by atoms with Crippen molar-refractivity contribution >= 4 is 28.8 Å². The average Bonchev–Trinajstić information content (AvgIpc) is 2.75. The molecule has 20 heavy (non-hydrogen) atoms. The molecule has 2 aromatic rings. The lowest BCUT2D eigenvalue weighted by atomic mass is 10.3. The summed E-state index contributed by atoms with van der Waals surface area (Å²) in [4.78, 5) is 19.2. The van der Waals surface area contributed by atoms with Gasteiger partial charge in [-0.15, -0.1) is 0 Å². The van der Waals surface area contributed by atoms with E-state index in [1.54, 1.807) is 12.4 Å². The van der Waals surface area contributed by atoms with Crippen molar-refractivity contribution in [2.45, 2.75) is 31.7 Å². The number of carboxylic acid groups (broad SMARTS) is 1. The van der Waals surface area contributed by atoms with E-state index in [0.717, 1.165) is 11.0 Å². The van der Waals surface area contributed by atoms with Crippen molar-refractivity contribution in [1.82, 2.24) is 14.5 Å². The monoisotopic (exact) mass is 295 g/mol. The van der Waals surface area contributed by atoms with Gasteiger partial charge in [0.25, 0.3) is 0 Å². The Bertz CT molecular complexity index is 600. The van der Waals surface area contributed by atoms with Crippen molar-refractivity contribution in [1.29, 1.82) is 0 Å². The van der Waals surface area contributed by atoms with Crippen molar-refractivity contribution < 1.29 is 14.6 Å². The smallest absolute Gasteiger partial charge is 0.313 e. The summed E-state index contributed by atoms with van der Waals surface area (Å²) >= 11 is 1.21. The first-order chi connectivity index (χ1) is 9.61. The Balaban J connectivity index is 2.31. The molecule has 0 radical (unpaired) electrons. The highest BCUT2D eigenvalue weighted by atomic mass is 32.2. The number of hydrogen-bond acceptors (Lipinski definition) is 5. The van der Waals surface area contributed by atoms with Crippen LogP contribution in [0.3, 0.4) is 0 Å². The maximum Gasteiger partial charge on any atom is 0.313 e. The lowest BCUT2D eigenvalue weighted by Gasteiger charge is -2.14. The first-order valence-electron chi connectivity index (χ1n) is 6.38. The van der Waals surface area contributed by atoms with Gasteiger partial charge in [0.05, 0.1) is 30.1 Å². The molecule has 0 spiro atoms. The Labute approximate surface area is 121 Å². The molecule has 1 N–H and O–H groups in total. The quantitative estimate of drug-likeness (QED) is 0.788. The van der Waals surface area contributed by atoms with Crippen molar-refractivity contribution in [3.8, 4) is 0 Å². The molecule has 2 rings (SSSR count). The highest BCUT2D eigenvalue weighted by Crippen LogP contribution is 2.24. The Hall–Kier alpha value is -1.60. The molecule has 7 heteroatoms. The van der Waals surface area contributed by atoms with Gasteiger partial charge < -0.3 is 14.4 Å². The molecule has 2 heterocycles. The normalized spacial score (nSPS) is 12.7. The molecule has 0 aliphatic rings. The molecule has 0 saturated carbocycles. The van der Waals surface area contributed by atoms with Gasteiger partial charge in [-0.1, -0.05) is 11.8 Å². The van der Waals surface area contributed by atoms with Crippen LogP contribution in [0.15, 0.2) is 23.6 Å². The van der Waals surface area contributed by atoms with Gasteiger partial charge in [-0.25, -0.2) is 4.98 Å². The van der Waals surface area contributed by atoms with E-state index in [9.17, 15) is 4.79 Å².